The van der Waals surface area contributed by atoms with Gasteiger partial charge in [0, 0.05) is 10.8 Å². The summed E-state index contributed by atoms with van der Waals surface area (Å²) in [5, 5.41) is 18.9. The molecule has 0 atom stereocenters. The molecule has 0 unspecified atom stereocenters. The fraction of sp³-hybridized carbons (Fsp3) is 0.0588. The Labute approximate surface area is 138 Å². The smallest absolute Gasteiger partial charge is 0.295 e. The van der Waals surface area contributed by atoms with Crippen LogP contribution in [0.1, 0.15) is 5.56 Å². The molecule has 0 aliphatic heterocycles. The van der Waals surface area contributed by atoms with Gasteiger partial charge in [-0.1, -0.05) is 42.5 Å². The van der Waals surface area contributed by atoms with Crippen LogP contribution >= 0.6 is 0 Å². The van der Waals surface area contributed by atoms with Crippen molar-refractivity contribution in [1.29, 1.82) is 0 Å². The van der Waals surface area contributed by atoms with Crippen molar-refractivity contribution in [3.8, 4) is 5.75 Å². The minimum Gasteiger partial charge on any atom is -0.505 e. The van der Waals surface area contributed by atoms with Crippen LogP contribution in [0.4, 0.5) is 11.4 Å². The summed E-state index contributed by atoms with van der Waals surface area (Å²) in [6.07, 6.45) is 0. The second kappa shape index (κ2) is 6.03. The van der Waals surface area contributed by atoms with Gasteiger partial charge in [0.2, 0.25) is 0 Å². The molecule has 3 rings (SSSR count). The highest BCUT2D eigenvalue weighted by atomic mass is 32.2. The molecule has 0 saturated carbocycles. The van der Waals surface area contributed by atoms with Crippen molar-refractivity contribution in [3.63, 3.8) is 0 Å². The standard InChI is InChI=1S/C17H14N2O4S/c1-11-6-2-5-9-14(11)18-19-15-10-16(24(21,22)23)12-7-3-4-8-13(12)17(15)20/h2-10,20H,1H3,(H,21,22,23). The van der Waals surface area contributed by atoms with Gasteiger partial charge >= 0.3 is 0 Å². The summed E-state index contributed by atoms with van der Waals surface area (Å²) in [5.41, 5.74) is 1.44. The van der Waals surface area contributed by atoms with Crippen LogP contribution in [0.3, 0.4) is 0 Å². The lowest BCUT2D eigenvalue weighted by Gasteiger charge is -2.08. The predicted molar refractivity (Wildman–Crippen MR) is 90.8 cm³/mol. The third kappa shape index (κ3) is 2.99. The Bertz CT molecular complexity index is 1060. The summed E-state index contributed by atoms with van der Waals surface area (Å²) in [6, 6.07) is 14.7. The van der Waals surface area contributed by atoms with Crippen molar-refractivity contribution < 1.29 is 18.1 Å². The van der Waals surface area contributed by atoms with Gasteiger partial charge in [-0.05, 0) is 24.6 Å². The molecule has 24 heavy (non-hydrogen) atoms. The molecule has 0 aliphatic rings. The van der Waals surface area contributed by atoms with Crippen LogP contribution in [0.15, 0.2) is 69.7 Å². The molecule has 2 N–H and O–H groups in total. The van der Waals surface area contributed by atoms with Crippen LogP contribution in [0.2, 0.25) is 0 Å². The molecule has 0 spiro atoms. The van der Waals surface area contributed by atoms with Crippen molar-refractivity contribution in [3.05, 3.63) is 60.2 Å². The number of hydrogen-bond donors (Lipinski definition) is 2. The summed E-state index contributed by atoms with van der Waals surface area (Å²) in [7, 11) is -4.47. The zero-order valence-corrected chi connectivity index (χ0v) is 13.5. The number of aromatic hydroxyl groups is 1. The number of nitrogens with zero attached hydrogens (tertiary/aromatic N) is 2. The van der Waals surface area contributed by atoms with Gasteiger partial charge in [-0.2, -0.15) is 13.5 Å². The summed E-state index contributed by atoms with van der Waals surface area (Å²) < 4.78 is 32.7. The summed E-state index contributed by atoms with van der Waals surface area (Å²) in [4.78, 5) is -0.324. The second-order valence-electron chi connectivity index (χ2n) is 5.25. The maximum atomic E-state index is 11.6. The van der Waals surface area contributed by atoms with Crippen LogP contribution in [0.25, 0.3) is 10.8 Å². The van der Waals surface area contributed by atoms with E-state index in [2.05, 4.69) is 10.2 Å². The summed E-state index contributed by atoms with van der Waals surface area (Å²) in [6.45, 7) is 1.86. The van der Waals surface area contributed by atoms with E-state index in [1.807, 2.05) is 19.1 Å². The van der Waals surface area contributed by atoms with Crippen LogP contribution < -0.4 is 0 Å². The molecule has 0 aromatic heterocycles. The van der Waals surface area contributed by atoms with E-state index >= 15 is 0 Å². The number of aryl methyl sites for hydroxylation is 1. The fourth-order valence-corrected chi connectivity index (χ4v) is 3.10. The van der Waals surface area contributed by atoms with Crippen LogP contribution in [-0.4, -0.2) is 18.1 Å². The van der Waals surface area contributed by atoms with E-state index in [0.29, 0.717) is 5.69 Å². The highest BCUT2D eigenvalue weighted by Gasteiger charge is 2.19. The normalized spacial score (nSPS) is 12.1. The Kier molecular flexibility index (Phi) is 4.04. The molecular weight excluding hydrogens is 328 g/mol. The Morgan fingerprint density at radius 1 is 0.875 bits per heavy atom. The lowest BCUT2D eigenvalue weighted by molar-refractivity contribution is 0.480. The molecule has 3 aromatic rings. The highest BCUT2D eigenvalue weighted by Crippen LogP contribution is 2.39. The van der Waals surface area contributed by atoms with Crippen LogP contribution in [0, 0.1) is 6.92 Å². The third-order valence-electron chi connectivity index (χ3n) is 3.62. The quantitative estimate of drug-likeness (QED) is 0.540. The minimum absolute atomic E-state index is 0.0374. The molecule has 0 bridgehead atoms. The summed E-state index contributed by atoms with van der Waals surface area (Å²) in [5.74, 6) is -0.199. The third-order valence-corrected chi connectivity index (χ3v) is 4.51. The number of phenols is 1. The Morgan fingerprint density at radius 3 is 2.12 bits per heavy atom. The first-order valence-corrected chi connectivity index (χ1v) is 8.51. The van der Waals surface area contributed by atoms with E-state index in [9.17, 15) is 18.1 Å². The largest absolute Gasteiger partial charge is 0.505 e. The number of rotatable bonds is 3. The van der Waals surface area contributed by atoms with E-state index in [0.717, 1.165) is 11.6 Å². The number of phenolic OH excluding ortho intramolecular Hbond substituents is 1. The Morgan fingerprint density at radius 2 is 1.46 bits per heavy atom. The van der Waals surface area contributed by atoms with Crippen molar-refractivity contribution in [2.75, 3.05) is 0 Å². The maximum Gasteiger partial charge on any atom is 0.295 e. The summed E-state index contributed by atoms with van der Waals surface area (Å²) >= 11 is 0. The predicted octanol–water partition coefficient (Wildman–Crippen LogP) is 4.52. The molecule has 122 valence electrons. The van der Waals surface area contributed by atoms with Crippen molar-refractivity contribution in [1.82, 2.24) is 0 Å². The SMILES string of the molecule is Cc1ccccc1N=Nc1cc(S(=O)(=O)O)c2ccccc2c1O. The van der Waals surface area contributed by atoms with Gasteiger partial charge in [0.25, 0.3) is 10.1 Å². The van der Waals surface area contributed by atoms with Gasteiger partial charge in [-0.15, -0.1) is 5.11 Å². The molecule has 7 heteroatoms. The van der Waals surface area contributed by atoms with E-state index in [1.165, 1.54) is 6.07 Å². The van der Waals surface area contributed by atoms with Crippen molar-refractivity contribution in [2.45, 2.75) is 11.8 Å². The number of azo groups is 1. The zero-order valence-electron chi connectivity index (χ0n) is 12.7. The molecular formula is C17H14N2O4S. The highest BCUT2D eigenvalue weighted by molar-refractivity contribution is 7.86. The number of benzene rings is 3. The van der Waals surface area contributed by atoms with Gasteiger partial charge in [0.15, 0.2) is 5.75 Å². The van der Waals surface area contributed by atoms with E-state index < -0.39 is 10.1 Å². The van der Waals surface area contributed by atoms with Gasteiger partial charge in [0.1, 0.15) is 10.6 Å². The lowest BCUT2D eigenvalue weighted by atomic mass is 10.1. The molecule has 0 fully saturated rings. The van der Waals surface area contributed by atoms with Crippen LogP contribution in [0.5, 0.6) is 5.75 Å². The van der Waals surface area contributed by atoms with Gasteiger partial charge in [0.05, 0.1) is 5.69 Å². The van der Waals surface area contributed by atoms with E-state index in [-0.39, 0.29) is 27.1 Å². The first-order valence-electron chi connectivity index (χ1n) is 7.07. The number of hydrogen-bond acceptors (Lipinski definition) is 5. The van der Waals surface area contributed by atoms with E-state index in [1.54, 1.807) is 30.3 Å². The first kappa shape index (κ1) is 16.1. The Hall–Kier alpha value is -2.77. The monoisotopic (exact) mass is 342 g/mol. The fourth-order valence-electron chi connectivity index (χ4n) is 2.39. The zero-order chi connectivity index (χ0) is 17.3. The molecule has 6 nitrogen and oxygen atoms in total. The second-order valence-corrected chi connectivity index (χ2v) is 6.64. The lowest BCUT2D eigenvalue weighted by Crippen LogP contribution is -1.99. The molecule has 0 radical (unpaired) electrons. The average Bonchev–Trinajstić information content (AvgIpc) is 2.54. The van der Waals surface area contributed by atoms with Gasteiger partial charge in [-0.3, -0.25) is 4.55 Å². The van der Waals surface area contributed by atoms with Crippen molar-refractivity contribution in [2.24, 2.45) is 10.2 Å². The van der Waals surface area contributed by atoms with Crippen LogP contribution in [-0.2, 0) is 10.1 Å². The first-order chi connectivity index (χ1) is 11.4. The average molecular weight is 342 g/mol. The Balaban J connectivity index is 2.22. The maximum absolute atomic E-state index is 11.6. The molecule has 0 heterocycles. The topological polar surface area (TPSA) is 99.3 Å². The molecule has 0 amide bonds. The van der Waals surface area contributed by atoms with E-state index in [4.69, 9.17) is 0 Å². The molecule has 3 aromatic carbocycles. The molecule has 0 aliphatic carbocycles. The number of fused-ring (bicyclic) bond motifs is 1. The molecule has 0 saturated heterocycles. The van der Waals surface area contributed by atoms with Gasteiger partial charge < -0.3 is 5.11 Å². The van der Waals surface area contributed by atoms with Crippen molar-refractivity contribution >= 4 is 32.3 Å². The van der Waals surface area contributed by atoms with Gasteiger partial charge in [-0.25, -0.2) is 0 Å². The minimum atomic E-state index is -4.47.